The smallest absolute Gasteiger partial charge is 0.152 e. The van der Waals surface area contributed by atoms with Gasteiger partial charge in [0.1, 0.15) is 0 Å². The minimum Gasteiger partial charge on any atom is -0.319 e. The monoisotopic (exact) mass is 169 g/mol. The molecule has 0 spiro atoms. The molecule has 12 heavy (non-hydrogen) atoms. The molecule has 0 aromatic heterocycles. The Kier molecular flexibility index (Phi) is 2.89. The van der Waals surface area contributed by atoms with Crippen molar-refractivity contribution in [1.29, 1.82) is 0 Å². The predicted molar refractivity (Wildman–Crippen MR) is 49.8 cm³/mol. The largest absolute Gasteiger partial charge is 0.319 e. The number of carbonyl (C=O) groups is 1. The molecule has 0 bridgehead atoms. The Morgan fingerprint density at radius 3 is 2.33 bits per heavy atom. The number of rotatable bonds is 3. The number of carbonyl (C=O) groups excluding carboxylic acids is 1. The zero-order chi connectivity index (χ0) is 9.19. The number of hydrogen-bond acceptors (Lipinski definition) is 2. The molecular formula is C10H19NO. The van der Waals surface area contributed by atoms with Crippen molar-refractivity contribution in [3.05, 3.63) is 0 Å². The lowest BCUT2D eigenvalue weighted by Gasteiger charge is -2.22. The average molecular weight is 169 g/mol. The molecule has 0 saturated heterocycles. The second kappa shape index (κ2) is 3.56. The van der Waals surface area contributed by atoms with E-state index in [9.17, 15) is 4.79 Å². The van der Waals surface area contributed by atoms with Crippen LogP contribution in [0, 0.1) is 5.92 Å². The Morgan fingerprint density at radius 1 is 1.42 bits per heavy atom. The fraction of sp³-hybridized carbons (Fsp3) is 0.900. The van der Waals surface area contributed by atoms with Gasteiger partial charge in [0.05, 0.1) is 5.54 Å². The molecule has 0 aromatic rings. The number of ketones is 1. The van der Waals surface area contributed by atoms with Crippen molar-refractivity contribution >= 4 is 5.78 Å². The van der Waals surface area contributed by atoms with E-state index in [1.807, 2.05) is 0 Å². The Morgan fingerprint density at radius 2 is 1.92 bits per heavy atom. The molecule has 1 aliphatic rings. The molecule has 0 atom stereocenters. The summed E-state index contributed by atoms with van der Waals surface area (Å²) in [4.78, 5) is 11.7. The van der Waals surface area contributed by atoms with Crippen LogP contribution in [0.4, 0.5) is 0 Å². The molecule has 0 heterocycles. The molecule has 1 aliphatic carbocycles. The highest BCUT2D eigenvalue weighted by molar-refractivity contribution is 5.88. The van der Waals surface area contributed by atoms with Crippen LogP contribution in [-0.4, -0.2) is 11.3 Å². The molecular weight excluding hydrogens is 150 g/mol. The van der Waals surface area contributed by atoms with Gasteiger partial charge >= 0.3 is 0 Å². The molecule has 0 radical (unpaired) electrons. The normalized spacial score (nSPS) is 21.7. The maximum absolute atomic E-state index is 11.7. The first-order valence-corrected chi connectivity index (χ1v) is 4.87. The zero-order valence-corrected chi connectivity index (χ0v) is 8.10. The van der Waals surface area contributed by atoms with E-state index in [0.717, 1.165) is 25.7 Å². The van der Waals surface area contributed by atoms with Crippen LogP contribution in [0.2, 0.25) is 0 Å². The number of nitrogens with two attached hydrogens (primary N) is 1. The molecule has 0 unspecified atom stereocenters. The minimum atomic E-state index is -0.454. The van der Waals surface area contributed by atoms with Gasteiger partial charge < -0.3 is 5.73 Å². The molecule has 0 amide bonds. The maximum Gasteiger partial charge on any atom is 0.152 e. The Labute approximate surface area is 74.5 Å². The zero-order valence-electron chi connectivity index (χ0n) is 8.10. The minimum absolute atomic E-state index is 0.273. The highest BCUT2D eigenvalue weighted by Crippen LogP contribution is 2.29. The third-order valence-corrected chi connectivity index (χ3v) is 2.64. The second-order valence-corrected chi connectivity index (χ2v) is 4.38. The summed E-state index contributed by atoms with van der Waals surface area (Å²) in [5.41, 5.74) is 5.55. The van der Waals surface area contributed by atoms with Gasteiger partial charge in [0, 0.05) is 6.42 Å². The summed E-state index contributed by atoms with van der Waals surface area (Å²) in [6.07, 6.45) is 4.70. The highest BCUT2D eigenvalue weighted by atomic mass is 16.1. The van der Waals surface area contributed by atoms with Gasteiger partial charge in [-0.3, -0.25) is 4.79 Å². The Bertz CT molecular complexity index is 169. The molecule has 2 heteroatoms. The summed E-state index contributed by atoms with van der Waals surface area (Å²) in [7, 11) is 0. The average Bonchev–Trinajstić information content (AvgIpc) is 2.36. The van der Waals surface area contributed by atoms with Crippen molar-refractivity contribution in [2.24, 2.45) is 11.7 Å². The van der Waals surface area contributed by atoms with Crippen LogP contribution >= 0.6 is 0 Å². The van der Waals surface area contributed by atoms with E-state index in [-0.39, 0.29) is 5.78 Å². The molecule has 0 aliphatic heterocycles. The van der Waals surface area contributed by atoms with E-state index in [4.69, 9.17) is 5.73 Å². The van der Waals surface area contributed by atoms with Crippen LogP contribution in [-0.2, 0) is 4.79 Å². The van der Waals surface area contributed by atoms with Crippen molar-refractivity contribution < 1.29 is 4.79 Å². The number of hydrogen-bond donors (Lipinski definition) is 1. The van der Waals surface area contributed by atoms with Crippen molar-refractivity contribution in [2.75, 3.05) is 0 Å². The van der Waals surface area contributed by atoms with E-state index in [1.165, 1.54) is 0 Å². The topological polar surface area (TPSA) is 43.1 Å². The maximum atomic E-state index is 11.7. The predicted octanol–water partition coefficient (Wildman–Crippen LogP) is 1.87. The molecule has 0 aromatic carbocycles. The van der Waals surface area contributed by atoms with Crippen LogP contribution in [0.3, 0.4) is 0 Å². The van der Waals surface area contributed by atoms with Crippen molar-refractivity contribution in [3.63, 3.8) is 0 Å². The highest BCUT2D eigenvalue weighted by Gasteiger charge is 2.36. The van der Waals surface area contributed by atoms with Gasteiger partial charge in [-0.05, 0) is 18.8 Å². The second-order valence-electron chi connectivity index (χ2n) is 4.38. The summed E-state index contributed by atoms with van der Waals surface area (Å²) >= 11 is 0. The van der Waals surface area contributed by atoms with Crippen molar-refractivity contribution in [2.45, 2.75) is 51.5 Å². The Hall–Kier alpha value is -0.370. The van der Waals surface area contributed by atoms with E-state index in [1.54, 1.807) is 0 Å². The van der Waals surface area contributed by atoms with Gasteiger partial charge in [-0.25, -0.2) is 0 Å². The molecule has 1 fully saturated rings. The van der Waals surface area contributed by atoms with Crippen LogP contribution in [0.1, 0.15) is 46.0 Å². The quantitative estimate of drug-likeness (QED) is 0.701. The summed E-state index contributed by atoms with van der Waals surface area (Å²) in [5, 5.41) is 0. The first-order valence-electron chi connectivity index (χ1n) is 4.87. The lowest BCUT2D eigenvalue weighted by atomic mass is 9.88. The van der Waals surface area contributed by atoms with Gasteiger partial charge in [-0.15, -0.1) is 0 Å². The van der Waals surface area contributed by atoms with E-state index in [0.29, 0.717) is 12.3 Å². The molecule has 1 saturated carbocycles. The standard InChI is InChI=1S/C10H19NO/c1-8(2)7-9(12)10(11)5-3-4-6-10/h8H,3-7,11H2,1-2H3. The van der Waals surface area contributed by atoms with E-state index >= 15 is 0 Å². The molecule has 2 N–H and O–H groups in total. The first kappa shape index (κ1) is 9.72. The van der Waals surface area contributed by atoms with Gasteiger partial charge in [0.25, 0.3) is 0 Å². The van der Waals surface area contributed by atoms with Crippen LogP contribution in [0.15, 0.2) is 0 Å². The number of Topliss-reactive ketones (excluding diaryl/α,β-unsaturated/α-hetero) is 1. The summed E-state index contributed by atoms with van der Waals surface area (Å²) < 4.78 is 0. The summed E-state index contributed by atoms with van der Waals surface area (Å²) in [6, 6.07) is 0. The third kappa shape index (κ3) is 2.07. The Balaban J connectivity index is 2.50. The van der Waals surface area contributed by atoms with Crippen molar-refractivity contribution in [3.8, 4) is 0 Å². The fourth-order valence-corrected chi connectivity index (χ4v) is 1.86. The lowest BCUT2D eigenvalue weighted by Crippen LogP contribution is -2.45. The summed E-state index contributed by atoms with van der Waals surface area (Å²) in [5.74, 6) is 0.716. The van der Waals surface area contributed by atoms with Gasteiger partial charge in [-0.1, -0.05) is 26.7 Å². The van der Waals surface area contributed by atoms with Crippen molar-refractivity contribution in [1.82, 2.24) is 0 Å². The first-order chi connectivity index (χ1) is 5.54. The summed E-state index contributed by atoms with van der Waals surface area (Å²) in [6.45, 7) is 4.13. The van der Waals surface area contributed by atoms with E-state index in [2.05, 4.69) is 13.8 Å². The van der Waals surface area contributed by atoms with Crippen LogP contribution in [0.5, 0.6) is 0 Å². The molecule has 70 valence electrons. The van der Waals surface area contributed by atoms with Crippen LogP contribution in [0.25, 0.3) is 0 Å². The van der Waals surface area contributed by atoms with Crippen LogP contribution < -0.4 is 5.73 Å². The van der Waals surface area contributed by atoms with Gasteiger partial charge in [0.15, 0.2) is 5.78 Å². The van der Waals surface area contributed by atoms with Gasteiger partial charge in [-0.2, -0.15) is 0 Å². The third-order valence-electron chi connectivity index (χ3n) is 2.64. The molecule has 1 rings (SSSR count). The fourth-order valence-electron chi connectivity index (χ4n) is 1.86. The van der Waals surface area contributed by atoms with Gasteiger partial charge in [0.2, 0.25) is 0 Å². The molecule has 2 nitrogen and oxygen atoms in total. The lowest BCUT2D eigenvalue weighted by molar-refractivity contribution is -0.124. The van der Waals surface area contributed by atoms with E-state index < -0.39 is 5.54 Å². The SMILES string of the molecule is CC(C)CC(=O)C1(N)CCCC1.